The highest BCUT2D eigenvalue weighted by molar-refractivity contribution is 5.85. The van der Waals surface area contributed by atoms with E-state index in [0.717, 1.165) is 5.56 Å². The largest absolute Gasteiger partial charge is 0.493 e. The molecule has 0 heterocycles. The smallest absolute Gasteiger partial charge is 0.389 e. The Kier molecular flexibility index (Phi) is 8.72. The minimum atomic E-state index is -4.26. The molecule has 4 nitrogen and oxygen atoms in total. The highest BCUT2D eigenvalue weighted by Gasteiger charge is 2.29. The standard InChI is InChI=1S/C19H22F3NO3.ClH/c1-24-17-10-14(15(23)8-9-19(20,21)22)16(11-18(17)25-2)26-12-13-6-4-3-5-7-13;/h3-7,10-11,15H,8-9,12,23H2,1-2H3;1H/t15-;/m1./s1. The fraction of sp³-hybridized carbons (Fsp3) is 0.368. The summed E-state index contributed by atoms with van der Waals surface area (Å²) in [6, 6.07) is 11.7. The minimum absolute atomic E-state index is 0. The van der Waals surface area contributed by atoms with Gasteiger partial charge in [0, 0.05) is 24.1 Å². The first-order chi connectivity index (χ1) is 12.3. The molecule has 0 fully saturated rings. The van der Waals surface area contributed by atoms with Crippen LogP contribution in [0.15, 0.2) is 42.5 Å². The first-order valence-corrected chi connectivity index (χ1v) is 8.09. The van der Waals surface area contributed by atoms with Gasteiger partial charge < -0.3 is 19.9 Å². The lowest BCUT2D eigenvalue weighted by molar-refractivity contribution is -0.136. The summed E-state index contributed by atoms with van der Waals surface area (Å²) in [5.74, 6) is 1.18. The quantitative estimate of drug-likeness (QED) is 0.668. The van der Waals surface area contributed by atoms with E-state index in [1.807, 2.05) is 30.3 Å². The van der Waals surface area contributed by atoms with E-state index in [9.17, 15) is 13.2 Å². The monoisotopic (exact) mass is 405 g/mol. The predicted octanol–water partition coefficient (Wildman–Crippen LogP) is 5.05. The van der Waals surface area contributed by atoms with Crippen LogP contribution in [0.4, 0.5) is 13.2 Å². The van der Waals surface area contributed by atoms with Crippen LogP contribution in [0.1, 0.15) is 30.0 Å². The zero-order valence-corrected chi connectivity index (χ0v) is 15.9. The van der Waals surface area contributed by atoms with Gasteiger partial charge in [0.2, 0.25) is 0 Å². The molecule has 150 valence electrons. The van der Waals surface area contributed by atoms with Crippen molar-refractivity contribution in [2.75, 3.05) is 14.2 Å². The second kappa shape index (κ2) is 10.3. The zero-order chi connectivity index (χ0) is 19.2. The Morgan fingerprint density at radius 2 is 1.56 bits per heavy atom. The maximum Gasteiger partial charge on any atom is 0.389 e. The van der Waals surface area contributed by atoms with Crippen LogP contribution in [0.5, 0.6) is 17.2 Å². The number of rotatable bonds is 8. The van der Waals surface area contributed by atoms with E-state index in [4.69, 9.17) is 19.9 Å². The summed E-state index contributed by atoms with van der Waals surface area (Å²) in [5, 5.41) is 0. The predicted molar refractivity (Wildman–Crippen MR) is 99.8 cm³/mol. The lowest BCUT2D eigenvalue weighted by Gasteiger charge is -2.20. The Labute approximate surface area is 162 Å². The molecule has 27 heavy (non-hydrogen) atoms. The van der Waals surface area contributed by atoms with Crippen LogP contribution in [0.25, 0.3) is 0 Å². The summed E-state index contributed by atoms with van der Waals surface area (Å²) < 4.78 is 53.9. The van der Waals surface area contributed by atoms with Gasteiger partial charge in [0.05, 0.1) is 14.2 Å². The van der Waals surface area contributed by atoms with Crippen molar-refractivity contribution in [2.24, 2.45) is 5.73 Å². The maximum atomic E-state index is 12.5. The number of alkyl halides is 3. The molecule has 8 heteroatoms. The van der Waals surface area contributed by atoms with Gasteiger partial charge in [-0.15, -0.1) is 12.4 Å². The van der Waals surface area contributed by atoms with Crippen LogP contribution < -0.4 is 19.9 Å². The van der Waals surface area contributed by atoms with Gasteiger partial charge in [0.25, 0.3) is 0 Å². The van der Waals surface area contributed by atoms with E-state index in [-0.39, 0.29) is 25.4 Å². The van der Waals surface area contributed by atoms with Gasteiger partial charge in [-0.25, -0.2) is 0 Å². The number of hydrogen-bond donors (Lipinski definition) is 1. The second-order valence-electron chi connectivity index (χ2n) is 5.78. The average molecular weight is 406 g/mol. The van der Waals surface area contributed by atoms with Crippen LogP contribution in [0.3, 0.4) is 0 Å². The highest BCUT2D eigenvalue weighted by atomic mass is 35.5. The van der Waals surface area contributed by atoms with Crippen molar-refractivity contribution in [2.45, 2.75) is 31.7 Å². The molecule has 0 aliphatic carbocycles. The van der Waals surface area contributed by atoms with Crippen LogP contribution in [0, 0.1) is 0 Å². The lowest BCUT2D eigenvalue weighted by atomic mass is 10.0. The Hall–Kier alpha value is -2.12. The molecule has 2 aromatic rings. The highest BCUT2D eigenvalue weighted by Crippen LogP contribution is 2.39. The fourth-order valence-corrected chi connectivity index (χ4v) is 2.50. The van der Waals surface area contributed by atoms with Crippen molar-refractivity contribution in [3.8, 4) is 17.2 Å². The van der Waals surface area contributed by atoms with E-state index in [1.165, 1.54) is 14.2 Å². The van der Waals surface area contributed by atoms with Crippen molar-refractivity contribution in [1.29, 1.82) is 0 Å². The number of benzene rings is 2. The van der Waals surface area contributed by atoms with Crippen molar-refractivity contribution in [3.63, 3.8) is 0 Å². The summed E-state index contributed by atoms with van der Waals surface area (Å²) in [6.45, 7) is 0.259. The number of hydrogen-bond acceptors (Lipinski definition) is 4. The molecule has 2 rings (SSSR count). The van der Waals surface area contributed by atoms with Crippen molar-refractivity contribution >= 4 is 12.4 Å². The third kappa shape index (κ3) is 6.84. The third-order valence-corrected chi connectivity index (χ3v) is 3.89. The number of halogens is 4. The van der Waals surface area contributed by atoms with E-state index in [2.05, 4.69) is 0 Å². The van der Waals surface area contributed by atoms with Crippen LogP contribution in [-0.4, -0.2) is 20.4 Å². The molecule has 0 radical (unpaired) electrons. The zero-order valence-electron chi connectivity index (χ0n) is 15.1. The first-order valence-electron chi connectivity index (χ1n) is 8.09. The van der Waals surface area contributed by atoms with Gasteiger partial charge in [-0.2, -0.15) is 13.2 Å². The maximum absolute atomic E-state index is 12.5. The molecule has 0 unspecified atom stereocenters. The topological polar surface area (TPSA) is 53.7 Å². The SMILES string of the molecule is COc1cc(OCc2ccccc2)c([C@H](N)CCC(F)(F)F)cc1OC.Cl. The molecule has 0 saturated carbocycles. The second-order valence-corrected chi connectivity index (χ2v) is 5.78. The molecular weight excluding hydrogens is 383 g/mol. The van der Waals surface area contributed by atoms with Crippen molar-refractivity contribution < 1.29 is 27.4 Å². The number of methoxy groups -OCH3 is 2. The average Bonchev–Trinajstić information content (AvgIpc) is 2.63. The normalized spacial score (nSPS) is 12.1. The number of ether oxygens (including phenoxy) is 3. The molecule has 0 aliphatic rings. The molecular formula is C19H23ClF3NO3. The van der Waals surface area contributed by atoms with Gasteiger partial charge >= 0.3 is 6.18 Å². The summed E-state index contributed by atoms with van der Waals surface area (Å²) in [4.78, 5) is 0. The molecule has 1 atom stereocenters. The van der Waals surface area contributed by atoms with Gasteiger partial charge in [-0.3, -0.25) is 0 Å². The van der Waals surface area contributed by atoms with E-state index in [0.29, 0.717) is 22.8 Å². The van der Waals surface area contributed by atoms with Crippen LogP contribution in [0.2, 0.25) is 0 Å². The molecule has 0 saturated heterocycles. The molecule has 0 aliphatic heterocycles. The van der Waals surface area contributed by atoms with Gasteiger partial charge in [-0.1, -0.05) is 30.3 Å². The van der Waals surface area contributed by atoms with E-state index in [1.54, 1.807) is 12.1 Å². The Bertz CT molecular complexity index is 711. The van der Waals surface area contributed by atoms with Crippen LogP contribution >= 0.6 is 12.4 Å². The Morgan fingerprint density at radius 3 is 2.11 bits per heavy atom. The summed E-state index contributed by atoms with van der Waals surface area (Å²) in [5.41, 5.74) is 7.39. The molecule has 0 aromatic heterocycles. The lowest BCUT2D eigenvalue weighted by Crippen LogP contribution is -2.17. The summed E-state index contributed by atoms with van der Waals surface area (Å²) >= 11 is 0. The summed E-state index contributed by atoms with van der Waals surface area (Å²) in [7, 11) is 2.93. The van der Waals surface area contributed by atoms with Crippen LogP contribution in [-0.2, 0) is 6.61 Å². The molecule has 0 amide bonds. The van der Waals surface area contributed by atoms with Gasteiger partial charge in [0.15, 0.2) is 11.5 Å². The van der Waals surface area contributed by atoms with E-state index >= 15 is 0 Å². The third-order valence-electron chi connectivity index (χ3n) is 3.89. The minimum Gasteiger partial charge on any atom is -0.493 e. The van der Waals surface area contributed by atoms with Gasteiger partial charge in [-0.05, 0) is 18.1 Å². The van der Waals surface area contributed by atoms with Gasteiger partial charge in [0.1, 0.15) is 12.4 Å². The molecule has 2 aromatic carbocycles. The van der Waals surface area contributed by atoms with Crippen molar-refractivity contribution in [1.82, 2.24) is 0 Å². The Balaban J connectivity index is 0.00000364. The fourth-order valence-electron chi connectivity index (χ4n) is 2.50. The Morgan fingerprint density at radius 1 is 0.963 bits per heavy atom. The van der Waals surface area contributed by atoms with E-state index < -0.39 is 18.6 Å². The summed E-state index contributed by atoms with van der Waals surface area (Å²) in [6.07, 6.45) is -5.49. The molecule has 2 N–H and O–H groups in total. The number of nitrogens with two attached hydrogens (primary N) is 1. The molecule has 0 spiro atoms. The van der Waals surface area contributed by atoms with Crippen molar-refractivity contribution in [3.05, 3.63) is 53.6 Å². The molecule has 0 bridgehead atoms. The first kappa shape index (κ1) is 22.9.